The van der Waals surface area contributed by atoms with Gasteiger partial charge in [-0.3, -0.25) is 9.36 Å². The van der Waals surface area contributed by atoms with Crippen LogP contribution in [-0.4, -0.2) is 33.1 Å². The number of carbonyl (C=O) groups excluding carboxylic acids is 1. The highest BCUT2D eigenvalue weighted by Crippen LogP contribution is 2.15. The van der Waals surface area contributed by atoms with Crippen LogP contribution in [0.15, 0.2) is 61.3 Å². The minimum Gasteiger partial charge on any atom is -0.488 e. The molecule has 1 N–H and O–H groups in total. The lowest BCUT2D eigenvalue weighted by atomic mass is 10.2. The van der Waals surface area contributed by atoms with Crippen LogP contribution in [0, 0.1) is 5.82 Å². The van der Waals surface area contributed by atoms with E-state index in [1.54, 1.807) is 66.7 Å². The van der Waals surface area contributed by atoms with E-state index in [4.69, 9.17) is 4.74 Å². The fourth-order valence-corrected chi connectivity index (χ4v) is 2.22. The van der Waals surface area contributed by atoms with Crippen molar-refractivity contribution in [3.63, 3.8) is 0 Å². The number of imidazole rings is 1. The smallest absolute Gasteiger partial charge is 0.251 e. The Labute approximate surface area is 144 Å². The number of rotatable bonds is 6. The van der Waals surface area contributed by atoms with E-state index in [0.717, 1.165) is 0 Å². The predicted molar refractivity (Wildman–Crippen MR) is 90.2 cm³/mol. The molecule has 1 aromatic carbocycles. The highest BCUT2D eigenvalue weighted by molar-refractivity contribution is 5.94. The zero-order chi connectivity index (χ0) is 17.6. The molecule has 0 fully saturated rings. The molecule has 3 rings (SSSR count). The number of aromatic nitrogens is 3. The first-order valence-electron chi connectivity index (χ1n) is 7.76. The van der Waals surface area contributed by atoms with Crippen molar-refractivity contribution < 1.29 is 13.9 Å². The van der Waals surface area contributed by atoms with E-state index in [1.165, 1.54) is 6.07 Å². The third kappa shape index (κ3) is 4.20. The normalized spacial score (nSPS) is 11.8. The Morgan fingerprint density at radius 2 is 2.16 bits per heavy atom. The number of halogens is 1. The summed E-state index contributed by atoms with van der Waals surface area (Å²) in [6.07, 6.45) is 6.55. The van der Waals surface area contributed by atoms with Gasteiger partial charge in [0.1, 0.15) is 18.8 Å². The zero-order valence-corrected chi connectivity index (χ0v) is 13.6. The second-order valence-corrected chi connectivity index (χ2v) is 5.49. The number of amides is 1. The lowest BCUT2D eigenvalue weighted by Crippen LogP contribution is -2.36. The lowest BCUT2D eigenvalue weighted by Gasteiger charge is -2.15. The van der Waals surface area contributed by atoms with Gasteiger partial charge in [0.25, 0.3) is 5.91 Å². The van der Waals surface area contributed by atoms with Gasteiger partial charge in [0.15, 0.2) is 11.6 Å². The summed E-state index contributed by atoms with van der Waals surface area (Å²) in [5.41, 5.74) is 0.469. The van der Waals surface area contributed by atoms with E-state index >= 15 is 0 Å². The molecule has 3 aromatic rings. The molecule has 6 nitrogen and oxygen atoms in total. The zero-order valence-electron chi connectivity index (χ0n) is 13.6. The van der Waals surface area contributed by atoms with E-state index in [0.29, 0.717) is 11.4 Å². The average Bonchev–Trinajstić information content (AvgIpc) is 3.16. The molecule has 0 spiro atoms. The summed E-state index contributed by atoms with van der Waals surface area (Å²) in [7, 11) is 0. The Balaban J connectivity index is 1.60. The SMILES string of the molecule is C[C@@H](COc1ccccc1F)NC(=O)c1ccnc(-n2ccnc2)c1. The molecule has 0 aliphatic heterocycles. The van der Waals surface area contributed by atoms with Crippen molar-refractivity contribution in [2.24, 2.45) is 0 Å². The van der Waals surface area contributed by atoms with Crippen LogP contribution in [0.4, 0.5) is 4.39 Å². The molecule has 25 heavy (non-hydrogen) atoms. The van der Waals surface area contributed by atoms with Gasteiger partial charge < -0.3 is 10.1 Å². The van der Waals surface area contributed by atoms with Crippen molar-refractivity contribution in [2.45, 2.75) is 13.0 Å². The van der Waals surface area contributed by atoms with Crippen LogP contribution < -0.4 is 10.1 Å². The highest BCUT2D eigenvalue weighted by atomic mass is 19.1. The third-order valence-corrected chi connectivity index (χ3v) is 3.48. The molecule has 0 radical (unpaired) electrons. The van der Waals surface area contributed by atoms with Crippen LogP contribution >= 0.6 is 0 Å². The van der Waals surface area contributed by atoms with Crippen molar-refractivity contribution in [2.75, 3.05) is 6.61 Å². The second kappa shape index (κ2) is 7.57. The topological polar surface area (TPSA) is 69.0 Å². The van der Waals surface area contributed by atoms with Gasteiger partial charge in [-0.2, -0.15) is 0 Å². The minimum absolute atomic E-state index is 0.159. The molecule has 1 atom stereocenters. The number of nitrogens with one attached hydrogen (secondary N) is 1. The summed E-state index contributed by atoms with van der Waals surface area (Å²) < 4.78 is 20.6. The van der Waals surface area contributed by atoms with E-state index in [-0.39, 0.29) is 24.3 Å². The van der Waals surface area contributed by atoms with Gasteiger partial charge in [-0.1, -0.05) is 12.1 Å². The maximum absolute atomic E-state index is 13.5. The molecule has 2 aromatic heterocycles. The maximum atomic E-state index is 13.5. The quantitative estimate of drug-likeness (QED) is 0.749. The lowest BCUT2D eigenvalue weighted by molar-refractivity contribution is 0.0926. The summed E-state index contributed by atoms with van der Waals surface area (Å²) >= 11 is 0. The van der Waals surface area contributed by atoms with E-state index in [9.17, 15) is 9.18 Å². The fraction of sp³-hybridized carbons (Fsp3) is 0.167. The molecular formula is C18H17FN4O2. The van der Waals surface area contributed by atoms with Crippen molar-refractivity contribution in [1.82, 2.24) is 19.9 Å². The Morgan fingerprint density at radius 1 is 1.32 bits per heavy atom. The van der Waals surface area contributed by atoms with Crippen LogP contribution in [0.2, 0.25) is 0 Å². The number of hydrogen-bond acceptors (Lipinski definition) is 4. The number of hydrogen-bond donors (Lipinski definition) is 1. The molecule has 7 heteroatoms. The molecule has 2 heterocycles. The van der Waals surface area contributed by atoms with Gasteiger partial charge in [0.05, 0.1) is 6.04 Å². The molecule has 0 aliphatic carbocycles. The maximum Gasteiger partial charge on any atom is 0.251 e. The summed E-state index contributed by atoms with van der Waals surface area (Å²) in [4.78, 5) is 20.5. The number of nitrogens with zero attached hydrogens (tertiary/aromatic N) is 3. The number of carbonyl (C=O) groups is 1. The number of para-hydroxylation sites is 1. The molecule has 0 unspecified atom stereocenters. The average molecular weight is 340 g/mol. The number of ether oxygens (including phenoxy) is 1. The summed E-state index contributed by atoms with van der Waals surface area (Å²) in [6, 6.07) is 9.15. The van der Waals surface area contributed by atoms with Crippen molar-refractivity contribution in [3.8, 4) is 11.6 Å². The summed E-state index contributed by atoms with van der Waals surface area (Å²) in [6.45, 7) is 1.95. The molecule has 1 amide bonds. The fourth-order valence-electron chi connectivity index (χ4n) is 2.22. The molecule has 0 saturated carbocycles. The molecule has 128 valence electrons. The van der Waals surface area contributed by atoms with Crippen molar-refractivity contribution in [3.05, 3.63) is 72.7 Å². The van der Waals surface area contributed by atoms with Gasteiger partial charge >= 0.3 is 0 Å². The van der Waals surface area contributed by atoms with Crippen LogP contribution in [-0.2, 0) is 0 Å². The summed E-state index contributed by atoms with van der Waals surface area (Å²) in [5.74, 6) is 0.0730. The van der Waals surface area contributed by atoms with Gasteiger partial charge in [-0.05, 0) is 31.2 Å². The largest absolute Gasteiger partial charge is 0.488 e. The molecule has 0 saturated heterocycles. The van der Waals surface area contributed by atoms with Crippen LogP contribution in [0.1, 0.15) is 17.3 Å². The summed E-state index contributed by atoms with van der Waals surface area (Å²) in [5, 5.41) is 2.82. The van der Waals surface area contributed by atoms with Crippen molar-refractivity contribution in [1.29, 1.82) is 0 Å². The van der Waals surface area contributed by atoms with E-state index < -0.39 is 5.82 Å². The monoisotopic (exact) mass is 340 g/mol. The van der Waals surface area contributed by atoms with Crippen LogP contribution in [0.5, 0.6) is 5.75 Å². The van der Waals surface area contributed by atoms with E-state index in [1.807, 2.05) is 0 Å². The first kappa shape index (κ1) is 16.6. The third-order valence-electron chi connectivity index (χ3n) is 3.48. The van der Waals surface area contributed by atoms with Crippen LogP contribution in [0.25, 0.3) is 5.82 Å². The molecule has 0 aliphatic rings. The first-order chi connectivity index (χ1) is 12.1. The Bertz CT molecular complexity index is 852. The Morgan fingerprint density at radius 3 is 2.92 bits per heavy atom. The van der Waals surface area contributed by atoms with Gasteiger partial charge in [-0.25, -0.2) is 14.4 Å². The Hall–Kier alpha value is -3.22. The highest BCUT2D eigenvalue weighted by Gasteiger charge is 2.12. The molecular weight excluding hydrogens is 323 g/mol. The first-order valence-corrected chi connectivity index (χ1v) is 7.76. The van der Waals surface area contributed by atoms with Gasteiger partial charge in [0.2, 0.25) is 0 Å². The van der Waals surface area contributed by atoms with Gasteiger partial charge in [0, 0.05) is 24.2 Å². The number of pyridine rings is 1. The number of benzene rings is 1. The standard InChI is InChI=1S/C18H17FN4O2/c1-13(11-25-16-5-3-2-4-15(16)19)22-18(24)14-6-7-21-17(10-14)23-9-8-20-12-23/h2-10,12-13H,11H2,1H3,(H,22,24)/t13-/m0/s1. The molecule has 0 bridgehead atoms. The predicted octanol–water partition coefficient (Wildman–Crippen LogP) is 2.60. The van der Waals surface area contributed by atoms with Crippen molar-refractivity contribution >= 4 is 5.91 Å². The van der Waals surface area contributed by atoms with Gasteiger partial charge in [-0.15, -0.1) is 0 Å². The van der Waals surface area contributed by atoms with E-state index in [2.05, 4.69) is 15.3 Å². The minimum atomic E-state index is -0.430. The Kier molecular flexibility index (Phi) is 5.03. The second-order valence-electron chi connectivity index (χ2n) is 5.49. The van der Waals surface area contributed by atoms with Crippen LogP contribution in [0.3, 0.4) is 0 Å².